The molecule has 1 aliphatic heterocycles. The zero-order chi connectivity index (χ0) is 15.2. The Hall–Kier alpha value is -2.27. The molecule has 1 saturated heterocycles. The standard InChI is InChI=1S/C16H14N2O2S/c1-16(2)13(19)17-15(21)18(14(16)20)12-9-5-7-10-6-3-4-8-11(10)12/h3-9H,1-2H3,(H,17,19,21). The maximum Gasteiger partial charge on any atom is 0.248 e. The lowest BCUT2D eigenvalue weighted by atomic mass is 9.88. The molecule has 21 heavy (non-hydrogen) atoms. The topological polar surface area (TPSA) is 49.4 Å². The van der Waals surface area contributed by atoms with E-state index >= 15 is 0 Å². The van der Waals surface area contributed by atoms with Gasteiger partial charge in [0, 0.05) is 5.39 Å². The van der Waals surface area contributed by atoms with Gasteiger partial charge in [-0.05, 0) is 37.5 Å². The average Bonchev–Trinajstić information content (AvgIpc) is 2.46. The van der Waals surface area contributed by atoms with E-state index in [1.807, 2.05) is 42.5 Å². The second kappa shape index (κ2) is 4.63. The zero-order valence-electron chi connectivity index (χ0n) is 11.7. The van der Waals surface area contributed by atoms with Crippen LogP contribution in [-0.4, -0.2) is 16.9 Å². The molecule has 0 spiro atoms. The number of nitrogens with one attached hydrogen (secondary N) is 1. The van der Waals surface area contributed by atoms with Crippen LogP contribution >= 0.6 is 12.2 Å². The largest absolute Gasteiger partial charge is 0.301 e. The quantitative estimate of drug-likeness (QED) is 0.650. The summed E-state index contributed by atoms with van der Waals surface area (Å²) < 4.78 is 0. The lowest BCUT2D eigenvalue weighted by molar-refractivity contribution is -0.139. The SMILES string of the molecule is CC1(C)C(=O)NC(=S)N(c2cccc3ccccc23)C1=O. The lowest BCUT2D eigenvalue weighted by Gasteiger charge is -2.36. The molecule has 0 aromatic heterocycles. The van der Waals surface area contributed by atoms with Gasteiger partial charge in [-0.15, -0.1) is 0 Å². The fourth-order valence-corrected chi connectivity index (χ4v) is 2.67. The van der Waals surface area contributed by atoms with Crippen molar-refractivity contribution in [2.24, 2.45) is 5.41 Å². The van der Waals surface area contributed by atoms with Crippen LogP contribution in [0.25, 0.3) is 10.8 Å². The molecule has 4 nitrogen and oxygen atoms in total. The lowest BCUT2D eigenvalue weighted by Crippen LogP contribution is -2.62. The Morgan fingerprint density at radius 2 is 1.71 bits per heavy atom. The monoisotopic (exact) mass is 298 g/mol. The molecule has 0 bridgehead atoms. The van der Waals surface area contributed by atoms with Crippen LogP contribution < -0.4 is 10.2 Å². The number of benzene rings is 2. The van der Waals surface area contributed by atoms with Crippen LogP contribution in [0, 0.1) is 5.41 Å². The van der Waals surface area contributed by atoms with Crippen LogP contribution in [0.1, 0.15) is 13.8 Å². The van der Waals surface area contributed by atoms with Crippen molar-refractivity contribution >= 4 is 45.6 Å². The van der Waals surface area contributed by atoms with Gasteiger partial charge in [-0.3, -0.25) is 14.5 Å². The molecular weight excluding hydrogens is 284 g/mol. The van der Waals surface area contributed by atoms with Crippen molar-refractivity contribution < 1.29 is 9.59 Å². The summed E-state index contributed by atoms with van der Waals surface area (Å²) in [7, 11) is 0. The van der Waals surface area contributed by atoms with Crippen molar-refractivity contribution in [3.8, 4) is 0 Å². The van der Waals surface area contributed by atoms with E-state index in [9.17, 15) is 9.59 Å². The number of hydrogen-bond acceptors (Lipinski definition) is 3. The predicted molar refractivity (Wildman–Crippen MR) is 86.0 cm³/mol. The molecule has 106 valence electrons. The maximum absolute atomic E-state index is 12.7. The van der Waals surface area contributed by atoms with E-state index in [2.05, 4.69) is 5.32 Å². The first kappa shape index (κ1) is 13.7. The smallest absolute Gasteiger partial charge is 0.248 e. The molecule has 0 aliphatic carbocycles. The summed E-state index contributed by atoms with van der Waals surface area (Å²) in [4.78, 5) is 26.0. The zero-order valence-corrected chi connectivity index (χ0v) is 12.5. The molecular formula is C16H14N2O2S. The minimum absolute atomic E-state index is 0.126. The number of rotatable bonds is 1. The number of anilines is 1. The van der Waals surface area contributed by atoms with Gasteiger partial charge in [0.1, 0.15) is 5.41 Å². The average molecular weight is 298 g/mol. The van der Waals surface area contributed by atoms with Crippen molar-refractivity contribution in [2.45, 2.75) is 13.8 Å². The predicted octanol–water partition coefficient (Wildman–Crippen LogP) is 2.61. The van der Waals surface area contributed by atoms with E-state index < -0.39 is 5.41 Å². The third-order valence-corrected chi connectivity index (χ3v) is 4.02. The molecule has 1 N–H and O–H groups in total. The molecule has 1 heterocycles. The molecule has 0 saturated carbocycles. The van der Waals surface area contributed by atoms with Gasteiger partial charge in [0.15, 0.2) is 5.11 Å². The van der Waals surface area contributed by atoms with Crippen LogP contribution in [0.5, 0.6) is 0 Å². The minimum atomic E-state index is -1.14. The molecule has 2 aromatic rings. The highest BCUT2D eigenvalue weighted by atomic mass is 32.1. The third-order valence-electron chi connectivity index (χ3n) is 3.74. The number of carbonyl (C=O) groups is 2. The Balaban J connectivity index is 2.20. The number of hydrogen-bond donors (Lipinski definition) is 1. The summed E-state index contributed by atoms with van der Waals surface area (Å²) in [6.07, 6.45) is 0. The van der Waals surface area contributed by atoms with Crippen molar-refractivity contribution in [1.82, 2.24) is 5.32 Å². The van der Waals surface area contributed by atoms with E-state index in [0.717, 1.165) is 10.8 Å². The van der Waals surface area contributed by atoms with Gasteiger partial charge in [-0.2, -0.15) is 0 Å². The van der Waals surface area contributed by atoms with Crippen LogP contribution in [0.3, 0.4) is 0 Å². The van der Waals surface area contributed by atoms with Gasteiger partial charge < -0.3 is 5.32 Å². The normalized spacial score (nSPS) is 18.0. The Bertz CT molecular complexity index is 777. The maximum atomic E-state index is 12.7. The molecule has 5 heteroatoms. The van der Waals surface area contributed by atoms with Gasteiger partial charge >= 0.3 is 0 Å². The molecule has 3 rings (SSSR count). The van der Waals surface area contributed by atoms with Gasteiger partial charge in [0.05, 0.1) is 5.69 Å². The van der Waals surface area contributed by atoms with Gasteiger partial charge in [0.2, 0.25) is 11.8 Å². The fourth-order valence-electron chi connectivity index (χ4n) is 2.40. The van der Waals surface area contributed by atoms with Crippen molar-refractivity contribution in [3.05, 3.63) is 42.5 Å². The Labute approximate surface area is 127 Å². The third kappa shape index (κ3) is 2.01. The first-order valence-corrected chi connectivity index (χ1v) is 7.01. The summed E-state index contributed by atoms with van der Waals surface area (Å²) >= 11 is 5.20. The first-order valence-electron chi connectivity index (χ1n) is 6.60. The summed E-state index contributed by atoms with van der Waals surface area (Å²) in [6, 6.07) is 13.4. The van der Waals surface area contributed by atoms with E-state index in [1.165, 1.54) is 4.90 Å². The van der Waals surface area contributed by atoms with E-state index in [0.29, 0.717) is 5.69 Å². The molecule has 1 fully saturated rings. The van der Waals surface area contributed by atoms with E-state index in [-0.39, 0.29) is 16.9 Å². The highest BCUT2D eigenvalue weighted by Gasteiger charge is 2.46. The molecule has 0 atom stereocenters. The first-order chi connectivity index (χ1) is 9.93. The van der Waals surface area contributed by atoms with E-state index in [1.54, 1.807) is 13.8 Å². The highest BCUT2D eigenvalue weighted by Crippen LogP contribution is 2.32. The molecule has 1 aliphatic rings. The Kier molecular flexibility index (Phi) is 3.02. The molecule has 2 aromatic carbocycles. The number of amides is 2. The van der Waals surface area contributed by atoms with Crippen molar-refractivity contribution in [1.29, 1.82) is 0 Å². The van der Waals surface area contributed by atoms with Gasteiger partial charge in [-0.25, -0.2) is 0 Å². The number of thiocarbonyl (C=S) groups is 1. The highest BCUT2D eigenvalue weighted by molar-refractivity contribution is 7.80. The van der Waals surface area contributed by atoms with Gasteiger partial charge in [-0.1, -0.05) is 36.4 Å². The van der Waals surface area contributed by atoms with Crippen molar-refractivity contribution in [2.75, 3.05) is 4.90 Å². The summed E-state index contributed by atoms with van der Waals surface area (Å²) in [5.41, 5.74) is -0.449. The number of fused-ring (bicyclic) bond motifs is 1. The summed E-state index contributed by atoms with van der Waals surface area (Å²) in [6.45, 7) is 3.20. The number of nitrogens with zero attached hydrogens (tertiary/aromatic N) is 1. The molecule has 0 unspecified atom stereocenters. The summed E-state index contributed by atoms with van der Waals surface area (Å²) in [5, 5.41) is 4.67. The van der Waals surface area contributed by atoms with Crippen LogP contribution in [-0.2, 0) is 9.59 Å². The van der Waals surface area contributed by atoms with Gasteiger partial charge in [0.25, 0.3) is 0 Å². The molecule has 0 radical (unpaired) electrons. The van der Waals surface area contributed by atoms with E-state index in [4.69, 9.17) is 12.2 Å². The van der Waals surface area contributed by atoms with Crippen LogP contribution in [0.2, 0.25) is 0 Å². The minimum Gasteiger partial charge on any atom is -0.301 e. The second-order valence-electron chi connectivity index (χ2n) is 5.52. The van der Waals surface area contributed by atoms with Crippen LogP contribution in [0.15, 0.2) is 42.5 Å². The van der Waals surface area contributed by atoms with Crippen molar-refractivity contribution in [3.63, 3.8) is 0 Å². The second-order valence-corrected chi connectivity index (χ2v) is 5.91. The van der Waals surface area contributed by atoms with Crippen LogP contribution in [0.4, 0.5) is 5.69 Å². The Morgan fingerprint density at radius 3 is 2.48 bits per heavy atom. The Morgan fingerprint density at radius 1 is 1.05 bits per heavy atom. The fraction of sp³-hybridized carbons (Fsp3) is 0.188. The number of carbonyl (C=O) groups excluding carboxylic acids is 2. The molecule has 2 amide bonds. The summed E-state index contributed by atoms with van der Waals surface area (Å²) in [5.74, 6) is -0.679.